The minimum atomic E-state index is 0.196. The highest BCUT2D eigenvalue weighted by Crippen LogP contribution is 2.36. The van der Waals surface area contributed by atoms with Crippen molar-refractivity contribution in [3.63, 3.8) is 0 Å². The number of rotatable bonds is 2. The van der Waals surface area contributed by atoms with Gasteiger partial charge in [-0.15, -0.1) is 0 Å². The molecule has 2 aliphatic rings. The molecule has 44 heavy (non-hydrogen) atoms. The molecule has 2 aliphatic heterocycles. The fourth-order valence-electron chi connectivity index (χ4n) is 7.84. The standard InChI is InChI=1S/C40H24B2S2/c1-5-13-35-31(9-1)41(32-10-2-6-14-36(32)43-35)29-23-19-25-18-22-28-30(24-20-26-17-21-27(29)39(25)40(26)28)42-33-11-3-7-15-37(33)44-38-16-8-4-12-34(38)42/h1-24H. The average molecular weight is 590 g/mol. The summed E-state index contributed by atoms with van der Waals surface area (Å²) < 4.78 is 0. The molecule has 8 aromatic carbocycles. The zero-order valence-corrected chi connectivity index (χ0v) is 25.5. The predicted molar refractivity (Wildman–Crippen MR) is 193 cm³/mol. The Labute approximate surface area is 266 Å². The first kappa shape index (κ1) is 25.0. The van der Waals surface area contributed by atoms with Crippen LogP contribution in [0.15, 0.2) is 165 Å². The van der Waals surface area contributed by atoms with Crippen molar-refractivity contribution in [3.8, 4) is 0 Å². The topological polar surface area (TPSA) is 0 Å². The SMILES string of the molecule is c1ccc2c(c1)Sc1ccccc1B2c1ccc2ccc3c(B4c5ccccc5Sc5ccccc54)ccc4ccc1c2c43. The minimum Gasteiger partial charge on any atom is -0.0912 e. The summed E-state index contributed by atoms with van der Waals surface area (Å²) in [5.41, 5.74) is 8.39. The van der Waals surface area contributed by atoms with E-state index in [2.05, 4.69) is 146 Å². The molecule has 0 aromatic heterocycles. The molecular weight excluding hydrogens is 566 g/mol. The van der Waals surface area contributed by atoms with Crippen LogP contribution >= 0.6 is 23.5 Å². The van der Waals surface area contributed by atoms with Crippen molar-refractivity contribution in [1.29, 1.82) is 0 Å². The lowest BCUT2D eigenvalue weighted by Gasteiger charge is -2.28. The van der Waals surface area contributed by atoms with Gasteiger partial charge in [0, 0.05) is 19.6 Å². The molecule has 0 radical (unpaired) electrons. The van der Waals surface area contributed by atoms with Crippen molar-refractivity contribution >= 4 is 102 Å². The van der Waals surface area contributed by atoms with E-state index in [0.29, 0.717) is 0 Å². The van der Waals surface area contributed by atoms with Crippen molar-refractivity contribution in [2.45, 2.75) is 19.6 Å². The van der Waals surface area contributed by atoms with Crippen molar-refractivity contribution in [2.75, 3.05) is 0 Å². The van der Waals surface area contributed by atoms with E-state index in [9.17, 15) is 0 Å². The lowest BCUT2D eigenvalue weighted by molar-refractivity contribution is 1.43. The van der Waals surface area contributed by atoms with Crippen LogP contribution in [0.2, 0.25) is 0 Å². The van der Waals surface area contributed by atoms with E-state index in [1.165, 1.54) is 84.7 Å². The van der Waals surface area contributed by atoms with Gasteiger partial charge in [0.2, 0.25) is 13.4 Å². The molecule has 0 aliphatic carbocycles. The molecular formula is C40H24B2S2. The summed E-state index contributed by atoms with van der Waals surface area (Å²) in [5.74, 6) is 0. The van der Waals surface area contributed by atoms with E-state index in [4.69, 9.17) is 0 Å². The van der Waals surface area contributed by atoms with Crippen LogP contribution < -0.4 is 32.8 Å². The van der Waals surface area contributed by atoms with Gasteiger partial charge in [-0.3, -0.25) is 0 Å². The average Bonchev–Trinajstić information content (AvgIpc) is 3.08. The van der Waals surface area contributed by atoms with Gasteiger partial charge in [0.1, 0.15) is 0 Å². The molecule has 4 heteroatoms. The van der Waals surface area contributed by atoms with Gasteiger partial charge in [0.15, 0.2) is 0 Å². The summed E-state index contributed by atoms with van der Waals surface area (Å²) in [6.07, 6.45) is 0. The van der Waals surface area contributed by atoms with E-state index in [1.807, 2.05) is 23.5 Å². The second kappa shape index (κ2) is 9.56. The zero-order valence-electron chi connectivity index (χ0n) is 23.8. The molecule has 0 fully saturated rings. The Morgan fingerprint density at radius 3 is 0.977 bits per heavy atom. The maximum Gasteiger partial charge on any atom is 0.244 e. The largest absolute Gasteiger partial charge is 0.244 e. The molecule has 0 saturated heterocycles. The molecule has 8 aromatic rings. The van der Waals surface area contributed by atoms with E-state index < -0.39 is 0 Å². The molecule has 0 unspecified atom stereocenters. The smallest absolute Gasteiger partial charge is 0.0912 e. The van der Waals surface area contributed by atoms with Crippen LogP contribution in [0.3, 0.4) is 0 Å². The number of benzene rings is 8. The molecule has 2 heterocycles. The van der Waals surface area contributed by atoms with Gasteiger partial charge in [-0.25, -0.2) is 0 Å². The highest BCUT2D eigenvalue weighted by Gasteiger charge is 2.34. The summed E-state index contributed by atoms with van der Waals surface area (Å²) >= 11 is 3.80. The van der Waals surface area contributed by atoms with Crippen LogP contribution in [0.5, 0.6) is 0 Å². The van der Waals surface area contributed by atoms with Crippen LogP contribution in [0.4, 0.5) is 0 Å². The fraction of sp³-hybridized carbons (Fsp3) is 0. The second-order valence-corrected chi connectivity index (χ2v) is 14.1. The molecule has 0 saturated carbocycles. The van der Waals surface area contributed by atoms with E-state index in [1.54, 1.807) is 0 Å². The van der Waals surface area contributed by atoms with Crippen LogP contribution in [0, 0.1) is 0 Å². The third kappa shape index (κ3) is 3.53. The second-order valence-electron chi connectivity index (χ2n) is 12.0. The van der Waals surface area contributed by atoms with Crippen molar-refractivity contribution < 1.29 is 0 Å². The van der Waals surface area contributed by atoms with Crippen LogP contribution in [-0.2, 0) is 0 Å². The van der Waals surface area contributed by atoms with Crippen LogP contribution in [-0.4, -0.2) is 13.4 Å². The lowest BCUT2D eigenvalue weighted by Crippen LogP contribution is -2.55. The molecule has 0 amide bonds. The van der Waals surface area contributed by atoms with Gasteiger partial charge in [-0.1, -0.05) is 178 Å². The Hall–Kier alpha value is -4.37. The monoisotopic (exact) mass is 590 g/mol. The first-order valence-corrected chi connectivity index (χ1v) is 16.9. The molecule has 0 spiro atoms. The lowest BCUT2D eigenvalue weighted by atomic mass is 9.35. The first-order valence-electron chi connectivity index (χ1n) is 15.3. The van der Waals surface area contributed by atoms with Gasteiger partial charge >= 0.3 is 0 Å². The quantitative estimate of drug-likeness (QED) is 0.166. The minimum absolute atomic E-state index is 0.196. The third-order valence-electron chi connectivity index (χ3n) is 9.71. The van der Waals surface area contributed by atoms with E-state index in [0.717, 1.165) is 0 Å². The number of hydrogen-bond acceptors (Lipinski definition) is 2. The van der Waals surface area contributed by atoms with Gasteiger partial charge < -0.3 is 0 Å². The molecule has 0 atom stereocenters. The first-order chi connectivity index (χ1) is 21.8. The van der Waals surface area contributed by atoms with Gasteiger partial charge in [0.05, 0.1) is 0 Å². The van der Waals surface area contributed by atoms with Gasteiger partial charge in [-0.2, -0.15) is 0 Å². The fourth-order valence-corrected chi connectivity index (χ4v) is 10.1. The Bertz CT molecular complexity index is 2170. The van der Waals surface area contributed by atoms with Crippen molar-refractivity contribution in [1.82, 2.24) is 0 Å². The maximum atomic E-state index is 2.39. The Kier molecular flexibility index (Phi) is 5.44. The summed E-state index contributed by atoms with van der Waals surface area (Å²) in [6.45, 7) is 0.392. The number of fused-ring (bicyclic) bond motifs is 4. The normalized spacial score (nSPS) is 13.6. The van der Waals surface area contributed by atoms with Crippen LogP contribution in [0.25, 0.3) is 32.3 Å². The summed E-state index contributed by atoms with van der Waals surface area (Å²) in [7, 11) is 0. The molecule has 202 valence electrons. The van der Waals surface area contributed by atoms with Gasteiger partial charge in [0.25, 0.3) is 0 Å². The summed E-state index contributed by atoms with van der Waals surface area (Å²) in [5, 5.41) is 8.12. The predicted octanol–water partition coefficient (Wildman–Crippen LogP) is 6.55. The van der Waals surface area contributed by atoms with Gasteiger partial charge in [-0.05, 0) is 56.6 Å². The molecule has 0 N–H and O–H groups in total. The molecule has 0 bridgehead atoms. The van der Waals surface area contributed by atoms with E-state index in [-0.39, 0.29) is 13.4 Å². The highest BCUT2D eigenvalue weighted by molar-refractivity contribution is 8.00. The van der Waals surface area contributed by atoms with Crippen LogP contribution in [0.1, 0.15) is 0 Å². The van der Waals surface area contributed by atoms with E-state index >= 15 is 0 Å². The van der Waals surface area contributed by atoms with Crippen molar-refractivity contribution in [3.05, 3.63) is 146 Å². The highest BCUT2D eigenvalue weighted by atomic mass is 32.2. The maximum absolute atomic E-state index is 2.39. The Morgan fingerprint density at radius 2 is 0.614 bits per heavy atom. The summed E-state index contributed by atoms with van der Waals surface area (Å²) in [4.78, 5) is 5.43. The molecule has 0 nitrogen and oxygen atoms in total. The zero-order chi connectivity index (χ0) is 28.8. The molecule has 10 rings (SSSR count). The Morgan fingerprint density at radius 1 is 0.295 bits per heavy atom. The summed E-state index contributed by atoms with van der Waals surface area (Å²) in [6, 6.07) is 54.9. The number of hydrogen-bond donors (Lipinski definition) is 0. The third-order valence-corrected chi connectivity index (χ3v) is 12.1. The van der Waals surface area contributed by atoms with Crippen molar-refractivity contribution in [2.24, 2.45) is 0 Å². The Balaban J connectivity index is 1.26.